The number of aromatic nitrogens is 2. The van der Waals surface area contributed by atoms with E-state index in [0.717, 1.165) is 53.5 Å². The summed E-state index contributed by atoms with van der Waals surface area (Å²) in [6.07, 6.45) is 5.04. The van der Waals surface area contributed by atoms with Gasteiger partial charge >= 0.3 is 5.97 Å². The number of hydrogen-bond donors (Lipinski definition) is 2. The van der Waals surface area contributed by atoms with Crippen LogP contribution < -0.4 is 5.32 Å². The van der Waals surface area contributed by atoms with Crippen LogP contribution in [-0.2, 0) is 22.6 Å². The van der Waals surface area contributed by atoms with E-state index in [1.165, 1.54) is 11.1 Å². The van der Waals surface area contributed by atoms with Gasteiger partial charge in [0, 0.05) is 24.6 Å². The molecular formula is C35H37N3O4. The van der Waals surface area contributed by atoms with Crippen molar-refractivity contribution in [3.8, 4) is 11.1 Å². The summed E-state index contributed by atoms with van der Waals surface area (Å²) in [5.41, 5.74) is 7.72. The van der Waals surface area contributed by atoms with Crippen LogP contribution in [0.2, 0.25) is 0 Å². The number of amides is 1. The molecule has 1 amide bonds. The first-order chi connectivity index (χ1) is 20.3. The second kappa shape index (κ2) is 12.6. The van der Waals surface area contributed by atoms with Gasteiger partial charge in [0.25, 0.3) is 0 Å². The number of anilines is 1. The minimum Gasteiger partial charge on any atom is -0.478 e. The summed E-state index contributed by atoms with van der Waals surface area (Å²) in [5, 5.41) is 12.7. The highest BCUT2D eigenvalue weighted by Gasteiger charge is 2.32. The lowest BCUT2D eigenvalue weighted by Gasteiger charge is -2.28. The van der Waals surface area contributed by atoms with Gasteiger partial charge in [0.05, 0.1) is 22.5 Å². The summed E-state index contributed by atoms with van der Waals surface area (Å²) in [4.78, 5) is 41.7. The van der Waals surface area contributed by atoms with Gasteiger partial charge in [-0.3, -0.25) is 4.79 Å². The van der Waals surface area contributed by atoms with E-state index < -0.39 is 5.97 Å². The van der Waals surface area contributed by atoms with Crippen LogP contribution in [0.5, 0.6) is 0 Å². The Kier molecular flexibility index (Phi) is 8.67. The average molecular weight is 564 g/mol. The average Bonchev–Trinajstić information content (AvgIpc) is 3.33. The number of imidazole rings is 1. The fourth-order valence-corrected chi connectivity index (χ4v) is 5.84. The molecule has 0 saturated heterocycles. The van der Waals surface area contributed by atoms with Crippen LogP contribution in [0, 0.1) is 11.8 Å². The van der Waals surface area contributed by atoms with Gasteiger partial charge in [-0.1, -0.05) is 67.0 Å². The van der Waals surface area contributed by atoms with Gasteiger partial charge in [-0.25, -0.2) is 9.78 Å². The molecule has 0 fully saturated rings. The second-order valence-electron chi connectivity index (χ2n) is 11.3. The predicted octanol–water partition coefficient (Wildman–Crippen LogP) is 7.29. The third-order valence-electron chi connectivity index (χ3n) is 8.44. The van der Waals surface area contributed by atoms with Gasteiger partial charge in [0.2, 0.25) is 5.91 Å². The number of rotatable bonds is 10. The minimum absolute atomic E-state index is 0.132. The Bertz CT molecular complexity index is 1670. The van der Waals surface area contributed by atoms with E-state index in [2.05, 4.69) is 16.8 Å². The van der Waals surface area contributed by atoms with Crippen molar-refractivity contribution >= 4 is 34.9 Å². The molecule has 1 aliphatic carbocycles. The highest BCUT2D eigenvalue weighted by Crippen LogP contribution is 2.34. The van der Waals surface area contributed by atoms with E-state index in [-0.39, 0.29) is 23.3 Å². The third-order valence-corrected chi connectivity index (χ3v) is 8.44. The molecule has 42 heavy (non-hydrogen) atoms. The number of carbonyl (C=O) groups is 3. The summed E-state index contributed by atoms with van der Waals surface area (Å²) in [7, 11) is 0. The van der Waals surface area contributed by atoms with Crippen LogP contribution in [-0.4, -0.2) is 32.8 Å². The van der Waals surface area contributed by atoms with Gasteiger partial charge < -0.3 is 19.8 Å². The lowest BCUT2D eigenvalue weighted by Crippen LogP contribution is -2.33. The van der Waals surface area contributed by atoms with Crippen molar-refractivity contribution in [3.63, 3.8) is 0 Å². The number of carboxylic acid groups (broad SMARTS) is 1. The monoisotopic (exact) mass is 563 g/mol. The maximum Gasteiger partial charge on any atom is 0.336 e. The molecule has 7 nitrogen and oxygen atoms in total. The molecule has 2 N–H and O–H groups in total. The Morgan fingerprint density at radius 2 is 1.76 bits per heavy atom. The molecule has 5 rings (SSSR count). The molecule has 1 heterocycles. The number of carbonyl (C=O) groups excluding carboxylic acids is 2. The first-order valence-electron chi connectivity index (χ1n) is 14.6. The van der Waals surface area contributed by atoms with Crippen molar-refractivity contribution in [3.05, 3.63) is 94.8 Å². The molecule has 0 saturated carbocycles. The normalized spacial score (nSPS) is 16.9. The SMILES string of the molecule is CCCCc1nc2ccc(NC(=O)C3CC(C)=C(C)CC3C=O)cc2n1Cc1ccc(-c2ccccc2C(=O)O)cc1. The largest absolute Gasteiger partial charge is 0.478 e. The van der Waals surface area contributed by atoms with E-state index in [1.807, 2.05) is 68.4 Å². The van der Waals surface area contributed by atoms with Gasteiger partial charge in [0.15, 0.2) is 0 Å². The van der Waals surface area contributed by atoms with Crippen LogP contribution in [0.1, 0.15) is 68.2 Å². The quantitative estimate of drug-likeness (QED) is 0.156. The van der Waals surface area contributed by atoms with Crippen LogP contribution in [0.4, 0.5) is 5.69 Å². The molecule has 3 aromatic carbocycles. The zero-order valence-corrected chi connectivity index (χ0v) is 24.4. The smallest absolute Gasteiger partial charge is 0.336 e. The van der Waals surface area contributed by atoms with Gasteiger partial charge in [-0.15, -0.1) is 0 Å². The predicted molar refractivity (Wildman–Crippen MR) is 166 cm³/mol. The van der Waals surface area contributed by atoms with E-state index in [4.69, 9.17) is 4.98 Å². The number of nitrogens with one attached hydrogen (secondary N) is 1. The molecule has 0 radical (unpaired) electrons. The molecule has 7 heteroatoms. The van der Waals surface area contributed by atoms with E-state index in [9.17, 15) is 19.5 Å². The molecular weight excluding hydrogens is 526 g/mol. The topological polar surface area (TPSA) is 101 Å². The van der Waals surface area contributed by atoms with Crippen molar-refractivity contribution < 1.29 is 19.5 Å². The van der Waals surface area contributed by atoms with Crippen LogP contribution in [0.15, 0.2) is 77.9 Å². The van der Waals surface area contributed by atoms with Crippen molar-refractivity contribution in [2.75, 3.05) is 5.32 Å². The van der Waals surface area contributed by atoms with Crippen molar-refractivity contribution in [2.45, 2.75) is 59.4 Å². The number of benzene rings is 3. The standard InChI is InChI=1S/C35H37N3O4/c1-4-5-10-33-37-31-16-15-27(36-34(40)30-18-23(3)22(2)17-26(30)21-39)19-32(31)38(33)20-24-11-13-25(14-12-24)28-8-6-7-9-29(28)35(41)42/h6-9,11-16,19,21,26,30H,4-5,10,17-18,20H2,1-3H3,(H,36,40)(H,41,42). The molecule has 2 unspecified atom stereocenters. The van der Waals surface area contributed by atoms with Crippen LogP contribution >= 0.6 is 0 Å². The molecule has 216 valence electrons. The van der Waals surface area contributed by atoms with Crippen molar-refractivity contribution in [2.24, 2.45) is 11.8 Å². The van der Waals surface area contributed by atoms with Crippen LogP contribution in [0.3, 0.4) is 0 Å². The van der Waals surface area contributed by atoms with E-state index in [1.54, 1.807) is 12.1 Å². The number of carboxylic acids is 1. The summed E-state index contributed by atoms with van der Waals surface area (Å²) in [6, 6.07) is 20.8. The molecule has 2 atom stereocenters. The highest BCUT2D eigenvalue weighted by atomic mass is 16.4. The van der Waals surface area contributed by atoms with Crippen LogP contribution in [0.25, 0.3) is 22.2 Å². The van der Waals surface area contributed by atoms with Crippen molar-refractivity contribution in [1.82, 2.24) is 9.55 Å². The van der Waals surface area contributed by atoms with Gasteiger partial charge in [-0.05, 0) is 74.1 Å². The Hall–Kier alpha value is -4.52. The van der Waals surface area contributed by atoms with Crippen molar-refractivity contribution in [1.29, 1.82) is 0 Å². The number of fused-ring (bicyclic) bond motifs is 1. The zero-order chi connectivity index (χ0) is 29.8. The second-order valence-corrected chi connectivity index (χ2v) is 11.3. The minimum atomic E-state index is -0.949. The number of aromatic carboxylic acids is 1. The molecule has 4 aromatic rings. The van der Waals surface area contributed by atoms with Gasteiger partial charge in [-0.2, -0.15) is 0 Å². The zero-order valence-electron chi connectivity index (χ0n) is 24.4. The Labute approximate surface area is 246 Å². The lowest BCUT2D eigenvalue weighted by molar-refractivity contribution is -0.125. The molecule has 0 spiro atoms. The summed E-state index contributed by atoms with van der Waals surface area (Å²) < 4.78 is 2.20. The van der Waals surface area contributed by atoms with E-state index >= 15 is 0 Å². The Morgan fingerprint density at radius 1 is 1.02 bits per heavy atom. The number of allylic oxidation sites excluding steroid dienone is 2. The molecule has 1 aromatic heterocycles. The number of nitrogens with zero attached hydrogens (tertiary/aromatic N) is 2. The number of aryl methyl sites for hydroxylation is 1. The van der Waals surface area contributed by atoms with Gasteiger partial charge in [0.1, 0.15) is 12.1 Å². The first-order valence-corrected chi connectivity index (χ1v) is 14.6. The maximum atomic E-state index is 13.3. The Morgan fingerprint density at radius 3 is 2.48 bits per heavy atom. The number of unbranched alkanes of at least 4 members (excludes halogenated alkanes) is 1. The Balaban J connectivity index is 1.43. The summed E-state index contributed by atoms with van der Waals surface area (Å²) in [5.74, 6) is -0.784. The third kappa shape index (κ3) is 6.05. The fourth-order valence-electron chi connectivity index (χ4n) is 5.84. The molecule has 1 aliphatic rings. The maximum absolute atomic E-state index is 13.3. The first kappa shape index (κ1) is 29.0. The van der Waals surface area contributed by atoms with E-state index in [0.29, 0.717) is 30.6 Å². The summed E-state index contributed by atoms with van der Waals surface area (Å²) in [6.45, 7) is 6.82. The lowest BCUT2D eigenvalue weighted by atomic mass is 9.77. The number of hydrogen-bond acceptors (Lipinski definition) is 4. The highest BCUT2D eigenvalue weighted by molar-refractivity contribution is 5.97. The summed E-state index contributed by atoms with van der Waals surface area (Å²) >= 11 is 0. The molecule has 0 bridgehead atoms. The molecule has 0 aliphatic heterocycles. The number of aldehydes is 1. The fraction of sp³-hybridized carbons (Fsp3) is 0.314.